The van der Waals surface area contributed by atoms with Gasteiger partial charge in [-0.05, 0) is 11.6 Å². The van der Waals surface area contributed by atoms with Crippen LogP contribution in [0.15, 0.2) is 29.2 Å². The summed E-state index contributed by atoms with van der Waals surface area (Å²) in [5.41, 5.74) is 3.70. The third kappa shape index (κ3) is 1.53. The van der Waals surface area contributed by atoms with Gasteiger partial charge in [-0.3, -0.25) is 0 Å². The second kappa shape index (κ2) is 3.01. The van der Waals surface area contributed by atoms with Crippen molar-refractivity contribution in [3.63, 3.8) is 0 Å². The van der Waals surface area contributed by atoms with Crippen LogP contribution in [0.1, 0.15) is 12.0 Å². The Labute approximate surface area is 92.2 Å². The maximum Gasteiger partial charge on any atom is 0.272 e. The molecule has 0 bridgehead atoms. The van der Waals surface area contributed by atoms with Gasteiger partial charge in [0.25, 0.3) is 5.92 Å². The van der Waals surface area contributed by atoms with Crippen molar-refractivity contribution < 1.29 is 17.2 Å². The summed E-state index contributed by atoms with van der Waals surface area (Å²) >= 11 is 0. The average molecular weight is 247 g/mol. The molecule has 1 atom stereocenters. The number of hydrogen-bond acceptors (Lipinski definition) is 3. The highest BCUT2D eigenvalue weighted by atomic mass is 32.2. The summed E-state index contributed by atoms with van der Waals surface area (Å²) < 4.78 is 49.1. The van der Waals surface area contributed by atoms with E-state index < -0.39 is 27.7 Å². The highest BCUT2D eigenvalue weighted by molar-refractivity contribution is 7.90. The summed E-state index contributed by atoms with van der Waals surface area (Å²) in [6.07, 6.45) is 0.474. The Hall–Kier alpha value is -1.01. The van der Waals surface area contributed by atoms with Gasteiger partial charge in [-0.2, -0.15) is 0 Å². The van der Waals surface area contributed by atoms with Crippen LogP contribution in [0.2, 0.25) is 0 Å². The third-order valence-electron chi connectivity index (χ3n) is 2.80. The van der Waals surface area contributed by atoms with Gasteiger partial charge >= 0.3 is 0 Å². The van der Waals surface area contributed by atoms with Gasteiger partial charge in [-0.15, -0.1) is 0 Å². The largest absolute Gasteiger partial charge is 0.316 e. The molecule has 0 amide bonds. The van der Waals surface area contributed by atoms with E-state index >= 15 is 0 Å². The summed E-state index contributed by atoms with van der Waals surface area (Å²) in [6.45, 7) is 0. The number of benzene rings is 1. The van der Waals surface area contributed by atoms with Crippen LogP contribution in [0.25, 0.3) is 0 Å². The molecule has 0 saturated heterocycles. The van der Waals surface area contributed by atoms with E-state index in [1.54, 1.807) is 0 Å². The van der Waals surface area contributed by atoms with Gasteiger partial charge in [0.05, 0.1) is 4.90 Å². The second-order valence-electron chi connectivity index (χ2n) is 4.12. The lowest BCUT2D eigenvalue weighted by Crippen LogP contribution is -2.29. The van der Waals surface area contributed by atoms with Gasteiger partial charge in [0.1, 0.15) is 5.54 Å². The monoisotopic (exact) mass is 247 g/mol. The van der Waals surface area contributed by atoms with Crippen LogP contribution >= 0.6 is 0 Å². The zero-order valence-corrected chi connectivity index (χ0v) is 9.39. The van der Waals surface area contributed by atoms with E-state index in [9.17, 15) is 17.2 Å². The summed E-state index contributed by atoms with van der Waals surface area (Å²) in [4.78, 5) is -0.116. The highest BCUT2D eigenvalue weighted by Gasteiger charge is 2.70. The third-order valence-corrected chi connectivity index (χ3v) is 3.95. The maximum absolute atomic E-state index is 13.1. The van der Waals surface area contributed by atoms with Crippen LogP contribution in [-0.4, -0.2) is 20.6 Å². The Morgan fingerprint density at radius 1 is 1.31 bits per heavy atom. The molecule has 0 aliphatic heterocycles. The van der Waals surface area contributed by atoms with Gasteiger partial charge in [0, 0.05) is 12.7 Å². The Morgan fingerprint density at radius 3 is 2.25 bits per heavy atom. The SMILES string of the molecule is CS(=O)(=O)c1ccccc1C1(N)CC1(F)F. The van der Waals surface area contributed by atoms with Gasteiger partial charge in [0.15, 0.2) is 9.84 Å². The summed E-state index contributed by atoms with van der Waals surface area (Å²) in [7, 11) is -3.54. The first-order valence-electron chi connectivity index (χ1n) is 4.65. The van der Waals surface area contributed by atoms with E-state index in [-0.39, 0.29) is 10.5 Å². The van der Waals surface area contributed by atoms with Crippen molar-refractivity contribution in [3.05, 3.63) is 29.8 Å². The van der Waals surface area contributed by atoms with Crippen LogP contribution < -0.4 is 5.73 Å². The molecule has 1 unspecified atom stereocenters. The zero-order valence-electron chi connectivity index (χ0n) is 8.57. The fourth-order valence-corrected chi connectivity index (χ4v) is 2.73. The standard InChI is InChI=1S/C10H11F2NO2S/c1-16(14,15)8-5-3-2-4-7(8)9(13)6-10(9,11)12/h2-5H,6,13H2,1H3. The van der Waals surface area contributed by atoms with Crippen molar-refractivity contribution in [2.24, 2.45) is 5.73 Å². The molecule has 2 rings (SSSR count). The summed E-state index contributed by atoms with van der Waals surface area (Å²) in [5.74, 6) is -3.02. The maximum atomic E-state index is 13.1. The molecule has 88 valence electrons. The van der Waals surface area contributed by atoms with Crippen LogP contribution in [0.5, 0.6) is 0 Å². The molecule has 2 N–H and O–H groups in total. The number of halogens is 2. The molecule has 1 aliphatic carbocycles. The molecule has 0 spiro atoms. The molecule has 0 radical (unpaired) electrons. The first kappa shape index (κ1) is 11.5. The molecular formula is C10H11F2NO2S. The van der Waals surface area contributed by atoms with Crippen molar-refractivity contribution in [1.29, 1.82) is 0 Å². The Kier molecular flexibility index (Phi) is 2.16. The Morgan fingerprint density at radius 2 is 1.81 bits per heavy atom. The second-order valence-corrected chi connectivity index (χ2v) is 6.11. The lowest BCUT2D eigenvalue weighted by atomic mass is 10.1. The molecule has 1 fully saturated rings. The smallest absolute Gasteiger partial charge is 0.272 e. The summed E-state index contributed by atoms with van der Waals surface area (Å²) in [6, 6.07) is 5.64. The minimum absolute atomic E-state index is 0.00231. The quantitative estimate of drug-likeness (QED) is 0.856. The molecule has 6 heteroatoms. The molecule has 3 nitrogen and oxygen atoms in total. The van der Waals surface area contributed by atoms with Crippen molar-refractivity contribution in [1.82, 2.24) is 0 Å². The minimum Gasteiger partial charge on any atom is -0.316 e. The van der Waals surface area contributed by atoms with Gasteiger partial charge in [-0.1, -0.05) is 18.2 Å². The lowest BCUT2D eigenvalue weighted by molar-refractivity contribution is 0.0885. The number of sulfone groups is 1. The fraction of sp³-hybridized carbons (Fsp3) is 0.400. The minimum atomic E-state index is -3.54. The predicted molar refractivity (Wildman–Crippen MR) is 55.0 cm³/mol. The molecule has 16 heavy (non-hydrogen) atoms. The topological polar surface area (TPSA) is 60.2 Å². The molecule has 1 aromatic rings. The number of rotatable bonds is 2. The van der Waals surface area contributed by atoms with Crippen molar-refractivity contribution >= 4 is 9.84 Å². The molecule has 0 heterocycles. The average Bonchev–Trinajstić information content (AvgIpc) is 2.66. The van der Waals surface area contributed by atoms with Crippen LogP contribution in [-0.2, 0) is 15.4 Å². The molecular weight excluding hydrogens is 236 g/mol. The molecule has 1 saturated carbocycles. The first-order chi connectivity index (χ1) is 7.18. The normalized spacial score (nSPS) is 27.8. The highest BCUT2D eigenvalue weighted by Crippen LogP contribution is 2.58. The predicted octanol–water partition coefficient (Wildman–Crippen LogP) is 1.28. The van der Waals surface area contributed by atoms with Gasteiger partial charge in [0.2, 0.25) is 0 Å². The van der Waals surface area contributed by atoms with E-state index in [2.05, 4.69) is 0 Å². The van der Waals surface area contributed by atoms with E-state index in [0.29, 0.717) is 0 Å². The van der Waals surface area contributed by atoms with E-state index in [1.807, 2.05) is 0 Å². The summed E-state index contributed by atoms with van der Waals surface area (Å²) in [5, 5.41) is 0. The Bertz CT molecular complexity index is 542. The van der Waals surface area contributed by atoms with E-state index in [0.717, 1.165) is 6.26 Å². The van der Waals surface area contributed by atoms with E-state index in [1.165, 1.54) is 24.3 Å². The molecule has 1 aliphatic rings. The molecule has 0 aromatic heterocycles. The molecule has 1 aromatic carbocycles. The number of alkyl halides is 2. The van der Waals surface area contributed by atoms with Gasteiger partial charge < -0.3 is 5.73 Å². The van der Waals surface area contributed by atoms with Gasteiger partial charge in [-0.25, -0.2) is 17.2 Å². The number of hydrogen-bond donors (Lipinski definition) is 1. The first-order valence-corrected chi connectivity index (χ1v) is 6.54. The zero-order chi connectivity index (χ0) is 12.2. The van der Waals surface area contributed by atoms with Crippen LogP contribution in [0, 0.1) is 0 Å². The van der Waals surface area contributed by atoms with E-state index in [4.69, 9.17) is 5.73 Å². The van der Waals surface area contributed by atoms with Crippen molar-refractivity contribution in [3.8, 4) is 0 Å². The lowest BCUT2D eigenvalue weighted by Gasteiger charge is -2.14. The number of nitrogens with two attached hydrogens (primary N) is 1. The fourth-order valence-electron chi connectivity index (χ4n) is 1.76. The van der Waals surface area contributed by atoms with Crippen LogP contribution in [0.3, 0.4) is 0 Å². The Balaban J connectivity index is 2.61. The van der Waals surface area contributed by atoms with Crippen molar-refractivity contribution in [2.45, 2.75) is 22.8 Å². The van der Waals surface area contributed by atoms with Crippen LogP contribution in [0.4, 0.5) is 8.78 Å². The van der Waals surface area contributed by atoms with Crippen molar-refractivity contribution in [2.75, 3.05) is 6.26 Å².